The molecule has 0 saturated heterocycles. The Balaban J connectivity index is 0.000000170. The summed E-state index contributed by atoms with van der Waals surface area (Å²) in [7, 11) is 3.29. The monoisotopic (exact) mass is 707 g/mol. The number of amides is 2. The summed E-state index contributed by atoms with van der Waals surface area (Å²) < 4.78 is 16.8. The quantitative estimate of drug-likeness (QED) is 0.169. The van der Waals surface area contributed by atoms with E-state index in [0.29, 0.717) is 18.8 Å². The third kappa shape index (κ3) is 6.10. The number of aromatic nitrogens is 1. The van der Waals surface area contributed by atoms with Crippen LogP contribution in [0.15, 0.2) is 106 Å². The minimum absolute atomic E-state index is 0.0954. The van der Waals surface area contributed by atoms with E-state index in [1.165, 1.54) is 6.39 Å². The molecule has 0 aliphatic carbocycles. The van der Waals surface area contributed by atoms with Crippen LogP contribution >= 0.6 is 15.9 Å². The molecule has 0 saturated carbocycles. The minimum Gasteiger partial charge on any atom is -0.497 e. The molecule has 9 heteroatoms. The zero-order valence-electron chi connectivity index (χ0n) is 27.9. The number of carbonyl (C=O) groups excluding carboxylic acids is 2. The zero-order chi connectivity index (χ0) is 34.2. The first-order valence-corrected chi connectivity index (χ1v) is 16.5. The lowest BCUT2D eigenvalue weighted by Crippen LogP contribution is -2.35. The van der Waals surface area contributed by atoms with Gasteiger partial charge in [0, 0.05) is 21.4 Å². The maximum Gasteiger partial charge on any atom is 0.237 e. The Morgan fingerprint density at radius 2 is 1.17 bits per heavy atom. The van der Waals surface area contributed by atoms with Crippen LogP contribution in [0.3, 0.4) is 0 Å². The molecule has 3 heterocycles. The van der Waals surface area contributed by atoms with Crippen LogP contribution in [-0.2, 0) is 33.5 Å². The third-order valence-electron chi connectivity index (χ3n) is 9.16. The summed E-state index contributed by atoms with van der Waals surface area (Å²) in [5.41, 5.74) is 6.01. The smallest absolute Gasteiger partial charge is 0.237 e. The van der Waals surface area contributed by atoms with Crippen LogP contribution in [0.2, 0.25) is 0 Å². The molecule has 246 valence electrons. The number of ether oxygens (including phenoxy) is 2. The highest BCUT2D eigenvalue weighted by Gasteiger charge is 2.45. The lowest BCUT2D eigenvalue weighted by atomic mass is 9.86. The SMILES string of the molecule is COc1ccc(CN2C(=O)C(C)(C)c3ccc(-c4cnco4)cc32)cc1.COc1ccc(CN2C(=O)C(C)(C)c3ccc(Br)cc32)cc1. The van der Waals surface area contributed by atoms with Crippen molar-refractivity contribution in [1.29, 1.82) is 0 Å². The number of halogens is 1. The molecule has 1 aromatic heterocycles. The van der Waals surface area contributed by atoms with E-state index in [2.05, 4.69) is 20.9 Å². The van der Waals surface area contributed by atoms with Gasteiger partial charge in [-0.2, -0.15) is 0 Å². The molecule has 0 atom stereocenters. The van der Waals surface area contributed by atoms with Gasteiger partial charge in [0.05, 0.1) is 44.3 Å². The molecule has 0 radical (unpaired) electrons. The van der Waals surface area contributed by atoms with Gasteiger partial charge in [-0.25, -0.2) is 4.98 Å². The van der Waals surface area contributed by atoms with Crippen molar-refractivity contribution in [3.05, 3.63) is 124 Å². The first-order valence-electron chi connectivity index (χ1n) is 15.7. The second-order valence-corrected chi connectivity index (χ2v) is 13.9. The molecular weight excluding hydrogens is 670 g/mol. The molecule has 0 N–H and O–H groups in total. The highest BCUT2D eigenvalue weighted by atomic mass is 79.9. The topological polar surface area (TPSA) is 85.1 Å². The third-order valence-corrected chi connectivity index (χ3v) is 9.65. The first kappa shape index (κ1) is 33.0. The van der Waals surface area contributed by atoms with E-state index in [-0.39, 0.29) is 11.8 Å². The number of nitrogens with zero attached hydrogens (tertiary/aromatic N) is 3. The number of carbonyl (C=O) groups is 2. The van der Waals surface area contributed by atoms with Crippen LogP contribution in [0.25, 0.3) is 11.3 Å². The normalized spacial score (nSPS) is 15.5. The fourth-order valence-corrected chi connectivity index (χ4v) is 6.67. The summed E-state index contributed by atoms with van der Waals surface area (Å²) in [5, 5.41) is 0. The molecule has 4 aromatic carbocycles. The molecule has 48 heavy (non-hydrogen) atoms. The van der Waals surface area contributed by atoms with Crippen molar-refractivity contribution in [3.63, 3.8) is 0 Å². The van der Waals surface area contributed by atoms with E-state index in [9.17, 15) is 9.59 Å². The van der Waals surface area contributed by atoms with Gasteiger partial charge in [0.2, 0.25) is 11.8 Å². The van der Waals surface area contributed by atoms with E-state index in [1.54, 1.807) is 20.4 Å². The number of oxazole rings is 1. The predicted molar refractivity (Wildman–Crippen MR) is 191 cm³/mol. The van der Waals surface area contributed by atoms with E-state index in [0.717, 1.165) is 55.2 Å². The Hall–Kier alpha value is -4.89. The van der Waals surface area contributed by atoms with E-state index in [4.69, 9.17) is 13.9 Å². The second kappa shape index (κ2) is 13.0. The lowest BCUT2D eigenvalue weighted by Gasteiger charge is -2.20. The van der Waals surface area contributed by atoms with Gasteiger partial charge >= 0.3 is 0 Å². The average molecular weight is 709 g/mol. The summed E-state index contributed by atoms with van der Waals surface area (Å²) in [5.74, 6) is 2.54. The number of anilines is 2. The summed E-state index contributed by atoms with van der Waals surface area (Å²) in [4.78, 5) is 33.6. The fourth-order valence-electron chi connectivity index (χ4n) is 6.32. The lowest BCUT2D eigenvalue weighted by molar-refractivity contribution is -0.122. The van der Waals surface area contributed by atoms with Crippen molar-refractivity contribution in [3.8, 4) is 22.8 Å². The molecule has 0 spiro atoms. The summed E-state index contributed by atoms with van der Waals surface area (Å²) >= 11 is 3.50. The van der Waals surface area contributed by atoms with Crippen LogP contribution in [0.5, 0.6) is 11.5 Å². The van der Waals surface area contributed by atoms with Crippen LogP contribution in [-0.4, -0.2) is 31.0 Å². The number of rotatable bonds is 7. The predicted octanol–water partition coefficient (Wildman–Crippen LogP) is 8.46. The Bertz CT molecular complexity index is 1950. The Labute approximate surface area is 289 Å². The van der Waals surface area contributed by atoms with Crippen LogP contribution in [0.4, 0.5) is 11.4 Å². The van der Waals surface area contributed by atoms with Crippen molar-refractivity contribution >= 4 is 39.1 Å². The van der Waals surface area contributed by atoms with Crippen LogP contribution < -0.4 is 19.3 Å². The molecule has 2 aliphatic rings. The van der Waals surface area contributed by atoms with Crippen molar-refractivity contribution in [1.82, 2.24) is 4.98 Å². The number of fused-ring (bicyclic) bond motifs is 2. The van der Waals surface area contributed by atoms with E-state index >= 15 is 0 Å². The molecule has 7 rings (SSSR count). The fraction of sp³-hybridized carbons (Fsp3) is 0.256. The Morgan fingerprint density at radius 3 is 1.62 bits per heavy atom. The molecule has 0 fully saturated rings. The maximum atomic E-state index is 13.1. The van der Waals surface area contributed by atoms with Gasteiger partial charge in [0.1, 0.15) is 11.5 Å². The molecule has 2 aliphatic heterocycles. The zero-order valence-corrected chi connectivity index (χ0v) is 29.5. The van der Waals surface area contributed by atoms with Gasteiger partial charge < -0.3 is 23.7 Å². The largest absolute Gasteiger partial charge is 0.497 e. The highest BCUT2D eigenvalue weighted by Crippen LogP contribution is 2.45. The number of hydrogen-bond donors (Lipinski definition) is 0. The average Bonchev–Trinajstić information content (AvgIpc) is 3.74. The number of benzene rings is 4. The van der Waals surface area contributed by atoms with Gasteiger partial charge in [0.25, 0.3) is 0 Å². The van der Waals surface area contributed by atoms with E-state index in [1.807, 2.05) is 122 Å². The molecule has 8 nitrogen and oxygen atoms in total. The Morgan fingerprint density at radius 1 is 0.688 bits per heavy atom. The first-order chi connectivity index (χ1) is 22.9. The minimum atomic E-state index is -0.554. The second-order valence-electron chi connectivity index (χ2n) is 13.0. The van der Waals surface area contributed by atoms with Gasteiger partial charge in [0.15, 0.2) is 12.2 Å². The van der Waals surface area contributed by atoms with E-state index < -0.39 is 10.8 Å². The molecule has 2 amide bonds. The van der Waals surface area contributed by atoms with Gasteiger partial charge in [-0.05, 0) is 92.4 Å². The Kier molecular flexibility index (Phi) is 8.92. The van der Waals surface area contributed by atoms with Crippen LogP contribution in [0, 0.1) is 0 Å². The highest BCUT2D eigenvalue weighted by molar-refractivity contribution is 9.10. The summed E-state index contributed by atoms with van der Waals surface area (Å²) in [6, 6.07) is 27.7. The van der Waals surface area contributed by atoms with Gasteiger partial charge in [-0.3, -0.25) is 9.59 Å². The molecule has 0 bridgehead atoms. The molecular formula is C39H38BrN3O5. The summed E-state index contributed by atoms with van der Waals surface area (Å²) in [6.45, 7) is 8.98. The van der Waals surface area contributed by atoms with Gasteiger partial charge in [-0.15, -0.1) is 0 Å². The molecule has 5 aromatic rings. The molecule has 0 unspecified atom stereocenters. The van der Waals surface area contributed by atoms with Crippen molar-refractivity contribution in [2.45, 2.75) is 51.6 Å². The van der Waals surface area contributed by atoms with Crippen molar-refractivity contribution in [2.24, 2.45) is 0 Å². The standard InChI is InChI=1S/C21H20N2O3.C18H18BrNO2/c1-21(2)17-9-6-15(19-11-22-13-26-19)10-18(17)23(20(21)24)12-14-4-7-16(25-3)8-5-14;1-18(2)15-9-6-13(19)10-16(15)20(17(18)21)11-12-4-7-14(22-3)8-5-12/h4-11,13H,12H2,1-3H3;4-10H,11H2,1-3H3. The van der Waals surface area contributed by atoms with Crippen molar-refractivity contribution in [2.75, 3.05) is 24.0 Å². The maximum absolute atomic E-state index is 13.1. The van der Waals surface area contributed by atoms with Crippen molar-refractivity contribution < 1.29 is 23.5 Å². The number of hydrogen-bond acceptors (Lipinski definition) is 6. The van der Waals surface area contributed by atoms with Gasteiger partial charge in [-0.1, -0.05) is 58.4 Å². The summed E-state index contributed by atoms with van der Waals surface area (Å²) in [6.07, 6.45) is 3.09. The van der Waals surface area contributed by atoms with Crippen LogP contribution in [0.1, 0.15) is 49.9 Å². The number of methoxy groups -OCH3 is 2.